The van der Waals surface area contributed by atoms with Crippen LogP contribution in [0, 0.1) is 6.92 Å². The van der Waals surface area contributed by atoms with Crippen LogP contribution in [0.25, 0.3) is 10.9 Å². The summed E-state index contributed by atoms with van der Waals surface area (Å²) in [5, 5.41) is 2.18. The van der Waals surface area contributed by atoms with Crippen molar-refractivity contribution in [3.63, 3.8) is 0 Å². The number of carbonyl (C=O) groups excluding carboxylic acids is 1. The average molecular weight is 355 g/mol. The van der Waals surface area contributed by atoms with Crippen LogP contribution in [0.4, 0.5) is 5.13 Å². The van der Waals surface area contributed by atoms with E-state index in [-0.39, 0.29) is 5.91 Å². The number of aromatic nitrogens is 3. The summed E-state index contributed by atoms with van der Waals surface area (Å²) in [6.45, 7) is 5.79. The zero-order chi connectivity index (χ0) is 17.2. The predicted octanol–water partition coefficient (Wildman–Crippen LogP) is 2.54. The molecule has 0 saturated carbocycles. The first kappa shape index (κ1) is 16.1. The highest BCUT2D eigenvalue weighted by Crippen LogP contribution is 2.19. The van der Waals surface area contributed by atoms with Crippen molar-refractivity contribution in [2.24, 2.45) is 0 Å². The molecule has 0 unspecified atom stereocenters. The molecule has 3 heterocycles. The van der Waals surface area contributed by atoms with E-state index in [1.165, 1.54) is 22.4 Å². The maximum absolute atomic E-state index is 12.5. The predicted molar refractivity (Wildman–Crippen MR) is 100.0 cm³/mol. The van der Waals surface area contributed by atoms with Gasteiger partial charge in [-0.3, -0.25) is 4.79 Å². The number of rotatable bonds is 4. The van der Waals surface area contributed by atoms with Crippen LogP contribution in [0.1, 0.15) is 12.2 Å². The van der Waals surface area contributed by atoms with E-state index >= 15 is 0 Å². The largest absolute Gasteiger partial charge is 0.347 e. The Hall–Kier alpha value is -2.41. The van der Waals surface area contributed by atoms with Crippen LogP contribution < -0.4 is 4.90 Å². The summed E-state index contributed by atoms with van der Waals surface area (Å²) in [6, 6.07) is 10.4. The van der Waals surface area contributed by atoms with Crippen molar-refractivity contribution < 1.29 is 4.79 Å². The Bertz CT molecular complexity index is 878. The summed E-state index contributed by atoms with van der Waals surface area (Å²) in [4.78, 5) is 21.2. The summed E-state index contributed by atoms with van der Waals surface area (Å²) < 4.78 is 6.39. The Kier molecular flexibility index (Phi) is 4.40. The van der Waals surface area contributed by atoms with Gasteiger partial charge in [0.2, 0.25) is 11.0 Å². The zero-order valence-electron chi connectivity index (χ0n) is 14.3. The second-order valence-electron chi connectivity index (χ2n) is 6.31. The van der Waals surface area contributed by atoms with Crippen molar-refractivity contribution in [3.05, 3.63) is 42.4 Å². The maximum Gasteiger partial charge on any atom is 0.224 e. The van der Waals surface area contributed by atoms with Gasteiger partial charge in [0.25, 0.3) is 0 Å². The summed E-state index contributed by atoms with van der Waals surface area (Å²) in [5.41, 5.74) is 1.19. The van der Waals surface area contributed by atoms with Crippen molar-refractivity contribution in [3.8, 4) is 0 Å². The molecule has 4 rings (SSSR count). The number of fused-ring (bicyclic) bond motifs is 1. The lowest BCUT2D eigenvalue weighted by molar-refractivity contribution is -0.131. The number of carbonyl (C=O) groups is 1. The second kappa shape index (κ2) is 6.84. The van der Waals surface area contributed by atoms with Gasteiger partial charge in [0.05, 0.1) is 0 Å². The molecule has 7 heteroatoms. The minimum Gasteiger partial charge on any atom is -0.347 e. The van der Waals surface area contributed by atoms with Gasteiger partial charge in [-0.15, -0.1) is 0 Å². The molecule has 1 aromatic carbocycles. The molecule has 6 nitrogen and oxygen atoms in total. The summed E-state index contributed by atoms with van der Waals surface area (Å²) in [7, 11) is 0. The number of anilines is 1. The van der Waals surface area contributed by atoms with E-state index in [0.29, 0.717) is 6.42 Å². The van der Waals surface area contributed by atoms with Gasteiger partial charge in [0.15, 0.2) is 0 Å². The van der Waals surface area contributed by atoms with Crippen LogP contribution in [-0.2, 0) is 11.3 Å². The lowest BCUT2D eigenvalue weighted by Gasteiger charge is -2.34. The normalized spacial score (nSPS) is 15.1. The fraction of sp³-hybridized carbons (Fsp3) is 0.389. The molecule has 3 aromatic rings. The topological polar surface area (TPSA) is 54.3 Å². The highest BCUT2D eigenvalue weighted by molar-refractivity contribution is 7.09. The monoisotopic (exact) mass is 355 g/mol. The van der Waals surface area contributed by atoms with E-state index < -0.39 is 0 Å². The first-order chi connectivity index (χ1) is 12.2. The third-order valence-corrected chi connectivity index (χ3v) is 5.53. The number of hydrogen-bond acceptors (Lipinski definition) is 5. The Morgan fingerprint density at radius 1 is 1.16 bits per heavy atom. The van der Waals surface area contributed by atoms with Gasteiger partial charge in [-0.1, -0.05) is 18.2 Å². The Morgan fingerprint density at radius 3 is 2.72 bits per heavy atom. The standard InChI is InChI=1S/C18H21N5OS/c1-14-19-18(25-20-14)23-12-10-22(11-13-23)17(24)7-9-21-8-6-15-4-2-3-5-16(15)21/h2-6,8H,7,9-13H2,1H3. The zero-order valence-corrected chi connectivity index (χ0v) is 15.1. The van der Waals surface area contributed by atoms with E-state index in [1.54, 1.807) is 0 Å². The fourth-order valence-corrected chi connectivity index (χ4v) is 4.00. The van der Waals surface area contributed by atoms with E-state index in [2.05, 4.69) is 43.2 Å². The third-order valence-electron chi connectivity index (χ3n) is 4.67. The van der Waals surface area contributed by atoms with Crippen molar-refractivity contribution in [1.82, 2.24) is 18.8 Å². The molecule has 0 atom stereocenters. The van der Waals surface area contributed by atoms with Gasteiger partial charge in [0.1, 0.15) is 5.82 Å². The Morgan fingerprint density at radius 2 is 1.96 bits per heavy atom. The number of amides is 1. The van der Waals surface area contributed by atoms with E-state index in [4.69, 9.17) is 0 Å². The van der Waals surface area contributed by atoms with Crippen molar-refractivity contribution >= 4 is 33.5 Å². The molecule has 0 bridgehead atoms. The minimum absolute atomic E-state index is 0.228. The smallest absolute Gasteiger partial charge is 0.224 e. The molecule has 0 radical (unpaired) electrons. The van der Waals surface area contributed by atoms with E-state index in [0.717, 1.165) is 43.7 Å². The summed E-state index contributed by atoms with van der Waals surface area (Å²) in [6.07, 6.45) is 2.60. The molecule has 130 valence electrons. The lowest BCUT2D eigenvalue weighted by atomic mass is 10.2. The van der Waals surface area contributed by atoms with Crippen LogP contribution in [-0.4, -0.2) is 50.9 Å². The Balaban J connectivity index is 1.32. The molecule has 1 aliphatic rings. The highest BCUT2D eigenvalue weighted by Gasteiger charge is 2.22. The average Bonchev–Trinajstić information content (AvgIpc) is 3.26. The van der Waals surface area contributed by atoms with Crippen LogP contribution in [0.2, 0.25) is 0 Å². The van der Waals surface area contributed by atoms with Gasteiger partial charge < -0.3 is 14.4 Å². The minimum atomic E-state index is 0.228. The van der Waals surface area contributed by atoms with Crippen molar-refractivity contribution in [2.45, 2.75) is 19.9 Å². The van der Waals surface area contributed by atoms with Gasteiger partial charge in [-0.05, 0) is 24.4 Å². The van der Waals surface area contributed by atoms with Gasteiger partial charge in [-0.25, -0.2) is 4.98 Å². The van der Waals surface area contributed by atoms with Gasteiger partial charge in [0, 0.05) is 62.4 Å². The fourth-order valence-electron chi connectivity index (χ4n) is 3.27. The molecule has 0 N–H and O–H groups in total. The van der Waals surface area contributed by atoms with E-state index in [9.17, 15) is 4.79 Å². The van der Waals surface area contributed by atoms with Crippen LogP contribution in [0.15, 0.2) is 36.5 Å². The third kappa shape index (κ3) is 3.37. The molecule has 0 aliphatic carbocycles. The molecule has 1 amide bonds. The molecule has 25 heavy (non-hydrogen) atoms. The SMILES string of the molecule is Cc1nsc(N2CCN(C(=O)CCn3ccc4ccccc43)CC2)n1. The van der Waals surface area contributed by atoms with Crippen molar-refractivity contribution in [2.75, 3.05) is 31.1 Å². The van der Waals surface area contributed by atoms with Crippen LogP contribution in [0.3, 0.4) is 0 Å². The number of para-hydroxylation sites is 1. The lowest BCUT2D eigenvalue weighted by Crippen LogP contribution is -2.48. The number of benzene rings is 1. The maximum atomic E-state index is 12.5. The highest BCUT2D eigenvalue weighted by atomic mass is 32.1. The molecule has 1 aliphatic heterocycles. The molecule has 2 aromatic heterocycles. The quantitative estimate of drug-likeness (QED) is 0.722. The summed E-state index contributed by atoms with van der Waals surface area (Å²) in [5.74, 6) is 1.04. The first-order valence-electron chi connectivity index (χ1n) is 8.57. The molecule has 1 saturated heterocycles. The van der Waals surface area contributed by atoms with E-state index in [1.807, 2.05) is 24.0 Å². The number of piperazine rings is 1. The molecule has 0 spiro atoms. The van der Waals surface area contributed by atoms with Gasteiger partial charge in [-0.2, -0.15) is 4.37 Å². The number of nitrogens with zero attached hydrogens (tertiary/aromatic N) is 5. The molecular weight excluding hydrogens is 334 g/mol. The van der Waals surface area contributed by atoms with Crippen molar-refractivity contribution in [1.29, 1.82) is 0 Å². The molecular formula is C18H21N5OS. The number of aryl methyl sites for hydroxylation is 2. The van der Waals surface area contributed by atoms with Crippen LogP contribution in [0.5, 0.6) is 0 Å². The van der Waals surface area contributed by atoms with Crippen LogP contribution >= 0.6 is 11.5 Å². The first-order valence-corrected chi connectivity index (χ1v) is 9.35. The van der Waals surface area contributed by atoms with Gasteiger partial charge >= 0.3 is 0 Å². The second-order valence-corrected chi connectivity index (χ2v) is 7.04. The summed E-state index contributed by atoms with van der Waals surface area (Å²) >= 11 is 1.43. The molecule has 1 fully saturated rings. The number of hydrogen-bond donors (Lipinski definition) is 0. The Labute approximate surface area is 150 Å².